The van der Waals surface area contributed by atoms with Gasteiger partial charge in [0.2, 0.25) is 0 Å². The van der Waals surface area contributed by atoms with Gasteiger partial charge in [0.25, 0.3) is 5.91 Å². The molecule has 4 heterocycles. The molecule has 0 aliphatic carbocycles. The van der Waals surface area contributed by atoms with Crippen LogP contribution in [0.15, 0.2) is 54.9 Å². The Balaban J connectivity index is 1.67. The zero-order valence-corrected chi connectivity index (χ0v) is 20.1. The van der Waals surface area contributed by atoms with Gasteiger partial charge in [0.05, 0.1) is 36.3 Å². The second-order valence-corrected chi connectivity index (χ2v) is 9.94. The van der Waals surface area contributed by atoms with Gasteiger partial charge in [-0.1, -0.05) is 35.9 Å². The van der Waals surface area contributed by atoms with Crippen molar-refractivity contribution in [2.45, 2.75) is 45.6 Å². The topological polar surface area (TPSA) is 79.6 Å². The minimum atomic E-state index is -0.339. The monoisotopic (exact) mass is 480 g/mol. The van der Waals surface area contributed by atoms with E-state index >= 15 is 0 Å². The van der Waals surface area contributed by atoms with Gasteiger partial charge in [0, 0.05) is 31.5 Å². The first-order valence-electron chi connectivity index (χ1n) is 11.6. The quantitative estimate of drug-likeness (QED) is 0.551. The van der Waals surface area contributed by atoms with Gasteiger partial charge in [0.1, 0.15) is 11.5 Å². The van der Waals surface area contributed by atoms with Gasteiger partial charge >= 0.3 is 0 Å². The zero-order valence-electron chi connectivity index (χ0n) is 19.4. The lowest BCUT2D eigenvalue weighted by molar-refractivity contribution is -0.157. The van der Waals surface area contributed by atoms with Crippen LogP contribution in [0.1, 0.15) is 47.1 Å². The minimum Gasteiger partial charge on any atom is -0.392 e. The van der Waals surface area contributed by atoms with Crippen molar-refractivity contribution >= 4 is 23.3 Å². The Morgan fingerprint density at radius 3 is 2.68 bits per heavy atom. The number of hydrogen-bond donors (Lipinski definition) is 2. The molecule has 1 saturated heterocycles. The SMILES string of the molecule is CC(C)Nc1cc(C2N(Cc3ccccc3CO)C(=O)c3cccn3CC23COC3)c(Cl)cn1. The molecule has 0 radical (unpaired) electrons. The summed E-state index contributed by atoms with van der Waals surface area (Å²) in [5, 5.41) is 13.8. The Kier molecular flexibility index (Phi) is 6.10. The average molecular weight is 481 g/mol. The van der Waals surface area contributed by atoms with Crippen LogP contribution < -0.4 is 5.32 Å². The number of ether oxygens (including phenoxy) is 1. The molecule has 2 aliphatic heterocycles. The Hall–Kier alpha value is -2.87. The molecule has 1 aromatic carbocycles. The predicted molar refractivity (Wildman–Crippen MR) is 131 cm³/mol. The highest BCUT2D eigenvalue weighted by molar-refractivity contribution is 6.31. The number of nitrogens with one attached hydrogen (secondary N) is 1. The van der Waals surface area contributed by atoms with E-state index in [1.165, 1.54) is 0 Å². The molecule has 7 nitrogen and oxygen atoms in total. The van der Waals surface area contributed by atoms with Crippen LogP contribution >= 0.6 is 11.6 Å². The third kappa shape index (κ3) is 3.98. The fourth-order valence-electron chi connectivity index (χ4n) is 5.13. The molecule has 2 aromatic heterocycles. The number of aliphatic hydroxyl groups excluding tert-OH is 1. The standard InChI is InChI=1S/C26H29ClN4O3/c1-17(2)29-23-10-20(21(27)11-28-23)24-26(15-34-16-26)14-30-9-5-8-22(30)25(33)31(24)12-18-6-3-4-7-19(18)13-32/h3-11,17,24,32H,12-16H2,1-2H3,(H,28,29). The number of benzene rings is 1. The highest BCUT2D eigenvalue weighted by Gasteiger charge is 2.53. The molecule has 8 heteroatoms. The van der Waals surface area contributed by atoms with Crippen molar-refractivity contribution in [2.75, 3.05) is 18.5 Å². The summed E-state index contributed by atoms with van der Waals surface area (Å²) in [7, 11) is 0. The summed E-state index contributed by atoms with van der Waals surface area (Å²) in [5.74, 6) is 0.648. The number of amides is 1. The fourth-order valence-corrected chi connectivity index (χ4v) is 5.34. The third-order valence-corrected chi connectivity index (χ3v) is 7.03. The first-order chi connectivity index (χ1) is 16.4. The molecule has 178 valence electrons. The van der Waals surface area contributed by atoms with Crippen LogP contribution in [0.2, 0.25) is 5.02 Å². The molecule has 3 aromatic rings. The van der Waals surface area contributed by atoms with Crippen molar-refractivity contribution in [2.24, 2.45) is 5.41 Å². The van der Waals surface area contributed by atoms with Crippen molar-refractivity contribution < 1.29 is 14.6 Å². The molecule has 2 N–H and O–H groups in total. The predicted octanol–water partition coefficient (Wildman–Crippen LogP) is 4.26. The van der Waals surface area contributed by atoms with Crippen LogP contribution in [-0.4, -0.2) is 44.7 Å². The fraction of sp³-hybridized carbons (Fsp3) is 0.385. The Labute approximate surface area is 204 Å². The number of carbonyl (C=O) groups is 1. The van der Waals surface area contributed by atoms with Crippen molar-refractivity contribution in [3.63, 3.8) is 0 Å². The first-order valence-corrected chi connectivity index (χ1v) is 11.9. The van der Waals surface area contributed by atoms with E-state index in [-0.39, 0.29) is 30.0 Å². The van der Waals surface area contributed by atoms with E-state index in [2.05, 4.69) is 24.1 Å². The zero-order chi connectivity index (χ0) is 23.9. The van der Waals surface area contributed by atoms with E-state index in [4.69, 9.17) is 16.3 Å². The number of halogens is 1. The lowest BCUT2D eigenvalue weighted by atomic mass is 9.74. The van der Waals surface area contributed by atoms with E-state index in [0.717, 1.165) is 22.5 Å². The Morgan fingerprint density at radius 1 is 1.24 bits per heavy atom. The van der Waals surface area contributed by atoms with Gasteiger partial charge in [-0.3, -0.25) is 4.79 Å². The molecule has 34 heavy (non-hydrogen) atoms. The molecule has 1 amide bonds. The number of rotatable bonds is 6. The summed E-state index contributed by atoms with van der Waals surface area (Å²) in [6.07, 6.45) is 3.61. The average Bonchev–Trinajstić information content (AvgIpc) is 3.22. The largest absolute Gasteiger partial charge is 0.392 e. The van der Waals surface area contributed by atoms with Crippen LogP contribution in [0.3, 0.4) is 0 Å². The van der Waals surface area contributed by atoms with Crippen molar-refractivity contribution in [3.8, 4) is 0 Å². The maximum atomic E-state index is 14.0. The first kappa shape index (κ1) is 22.9. The van der Waals surface area contributed by atoms with E-state index in [9.17, 15) is 9.90 Å². The van der Waals surface area contributed by atoms with Crippen LogP contribution in [0.25, 0.3) is 0 Å². The number of hydrogen-bond acceptors (Lipinski definition) is 5. The van der Waals surface area contributed by atoms with E-state index in [1.807, 2.05) is 58.1 Å². The lowest BCUT2D eigenvalue weighted by Gasteiger charge is -2.50. The highest BCUT2D eigenvalue weighted by Crippen LogP contribution is 2.50. The number of carbonyl (C=O) groups excluding carboxylic acids is 1. The minimum absolute atomic E-state index is 0.0715. The molecule has 1 atom stereocenters. The molecular formula is C26H29ClN4O3. The van der Waals surface area contributed by atoms with Crippen LogP contribution in [0, 0.1) is 5.41 Å². The summed E-state index contributed by atoms with van der Waals surface area (Å²) >= 11 is 6.77. The Bertz CT molecular complexity index is 1200. The summed E-state index contributed by atoms with van der Waals surface area (Å²) < 4.78 is 7.79. The summed E-state index contributed by atoms with van der Waals surface area (Å²) in [4.78, 5) is 20.4. The van der Waals surface area contributed by atoms with Crippen molar-refractivity contribution in [3.05, 3.63) is 82.3 Å². The molecule has 1 unspecified atom stereocenters. The highest BCUT2D eigenvalue weighted by atomic mass is 35.5. The smallest absolute Gasteiger partial charge is 0.271 e. The third-order valence-electron chi connectivity index (χ3n) is 6.71. The number of aromatic nitrogens is 2. The molecule has 1 spiro atoms. The molecule has 1 fully saturated rings. The number of anilines is 1. The number of pyridine rings is 1. The normalized spacial score (nSPS) is 19.1. The van der Waals surface area contributed by atoms with Gasteiger partial charge in [-0.15, -0.1) is 0 Å². The van der Waals surface area contributed by atoms with Gasteiger partial charge in [0.15, 0.2) is 0 Å². The summed E-state index contributed by atoms with van der Waals surface area (Å²) in [6.45, 7) is 6.05. The van der Waals surface area contributed by atoms with E-state index < -0.39 is 0 Å². The van der Waals surface area contributed by atoms with E-state index in [1.54, 1.807) is 6.20 Å². The van der Waals surface area contributed by atoms with Crippen molar-refractivity contribution in [1.29, 1.82) is 0 Å². The second-order valence-electron chi connectivity index (χ2n) is 9.53. The number of nitrogens with zero attached hydrogens (tertiary/aromatic N) is 3. The van der Waals surface area contributed by atoms with Crippen molar-refractivity contribution in [1.82, 2.24) is 14.5 Å². The van der Waals surface area contributed by atoms with Crippen LogP contribution in [0.5, 0.6) is 0 Å². The molecule has 0 bridgehead atoms. The Morgan fingerprint density at radius 2 is 2.00 bits per heavy atom. The maximum Gasteiger partial charge on any atom is 0.271 e. The van der Waals surface area contributed by atoms with Crippen LogP contribution in [0.4, 0.5) is 5.82 Å². The maximum absolute atomic E-state index is 14.0. The second kappa shape index (κ2) is 9.06. The lowest BCUT2D eigenvalue weighted by Crippen LogP contribution is -2.54. The summed E-state index contributed by atoms with van der Waals surface area (Å²) in [5.41, 5.74) is 2.86. The number of fused-ring (bicyclic) bond motifs is 1. The van der Waals surface area contributed by atoms with Gasteiger partial charge in [-0.05, 0) is 48.7 Å². The van der Waals surface area contributed by atoms with E-state index in [0.29, 0.717) is 37.0 Å². The molecule has 2 aliphatic rings. The van der Waals surface area contributed by atoms with Gasteiger partial charge in [-0.2, -0.15) is 0 Å². The molecular weight excluding hydrogens is 452 g/mol. The van der Waals surface area contributed by atoms with Crippen LogP contribution in [-0.2, 0) is 24.4 Å². The number of aliphatic hydroxyl groups is 1. The van der Waals surface area contributed by atoms with Gasteiger partial charge < -0.3 is 24.6 Å². The van der Waals surface area contributed by atoms with Gasteiger partial charge in [-0.25, -0.2) is 4.98 Å². The molecule has 0 saturated carbocycles. The summed E-state index contributed by atoms with van der Waals surface area (Å²) in [6, 6.07) is 13.3. The molecule has 5 rings (SSSR count).